The van der Waals surface area contributed by atoms with Gasteiger partial charge in [0.15, 0.2) is 0 Å². The average Bonchev–Trinajstić information content (AvgIpc) is 2.74. The quantitative estimate of drug-likeness (QED) is 0.392. The van der Waals surface area contributed by atoms with E-state index in [1.165, 1.54) is 40.8 Å². The van der Waals surface area contributed by atoms with E-state index >= 15 is 0 Å². The highest BCUT2D eigenvalue weighted by molar-refractivity contribution is 5.68. The summed E-state index contributed by atoms with van der Waals surface area (Å²) in [5, 5.41) is 0. The van der Waals surface area contributed by atoms with Crippen LogP contribution in [0.25, 0.3) is 11.1 Å². The van der Waals surface area contributed by atoms with E-state index in [1.54, 1.807) is 0 Å². The fraction of sp³-hybridized carbons (Fsp3) is 0.333. The normalized spacial score (nSPS) is 11.2. The first-order valence-corrected chi connectivity index (χ1v) is 10.6. The maximum Gasteiger partial charge on any atom is 0.0438 e. The Morgan fingerprint density at radius 1 is 0.714 bits per heavy atom. The molecule has 0 amide bonds. The third-order valence-corrected chi connectivity index (χ3v) is 5.75. The van der Waals surface area contributed by atoms with Crippen molar-refractivity contribution in [3.8, 4) is 11.1 Å². The number of hydrogen-bond donors (Lipinski definition) is 0. The second-order valence-corrected chi connectivity index (χ2v) is 7.85. The molecule has 1 nitrogen and oxygen atoms in total. The summed E-state index contributed by atoms with van der Waals surface area (Å²) < 4.78 is 0. The van der Waals surface area contributed by atoms with Crippen molar-refractivity contribution in [2.24, 2.45) is 0 Å². The lowest BCUT2D eigenvalue weighted by Crippen LogP contribution is -2.30. The number of nitrogens with zero attached hydrogens (tertiary/aromatic N) is 1. The van der Waals surface area contributed by atoms with E-state index in [1.807, 2.05) is 0 Å². The lowest BCUT2D eigenvalue weighted by Gasteiger charge is -2.30. The fourth-order valence-electron chi connectivity index (χ4n) is 4.01. The molecule has 146 valence electrons. The van der Waals surface area contributed by atoms with Gasteiger partial charge >= 0.3 is 0 Å². The zero-order valence-electron chi connectivity index (χ0n) is 17.7. The fourth-order valence-corrected chi connectivity index (χ4v) is 4.01. The molecule has 0 aliphatic rings. The van der Waals surface area contributed by atoms with Gasteiger partial charge in [-0.15, -0.1) is 0 Å². The molecule has 0 unspecified atom stereocenters. The van der Waals surface area contributed by atoms with Crippen molar-refractivity contribution in [3.63, 3.8) is 0 Å². The van der Waals surface area contributed by atoms with Gasteiger partial charge in [-0.3, -0.25) is 0 Å². The van der Waals surface area contributed by atoms with Gasteiger partial charge < -0.3 is 4.90 Å². The summed E-state index contributed by atoms with van der Waals surface area (Å²) in [5.74, 6) is 0.667. The van der Waals surface area contributed by atoms with Gasteiger partial charge in [-0.25, -0.2) is 0 Å². The van der Waals surface area contributed by atoms with Crippen molar-refractivity contribution in [2.45, 2.75) is 59.0 Å². The van der Waals surface area contributed by atoms with E-state index in [9.17, 15) is 0 Å². The van der Waals surface area contributed by atoms with E-state index < -0.39 is 0 Å². The predicted molar refractivity (Wildman–Crippen MR) is 123 cm³/mol. The van der Waals surface area contributed by atoms with Gasteiger partial charge in [-0.1, -0.05) is 80.6 Å². The molecule has 0 saturated carbocycles. The molecule has 0 aromatic heterocycles. The minimum Gasteiger partial charge on any atom is -0.365 e. The highest BCUT2D eigenvalue weighted by Crippen LogP contribution is 2.29. The van der Waals surface area contributed by atoms with Gasteiger partial charge in [0.25, 0.3) is 0 Å². The highest BCUT2D eigenvalue weighted by atomic mass is 15.1. The molecule has 3 aromatic rings. The van der Waals surface area contributed by atoms with Gasteiger partial charge in [-0.2, -0.15) is 0 Å². The van der Waals surface area contributed by atoms with Crippen LogP contribution in [0.3, 0.4) is 0 Å². The molecule has 1 heteroatoms. The molecule has 3 aromatic carbocycles. The van der Waals surface area contributed by atoms with Crippen molar-refractivity contribution in [3.05, 3.63) is 90.0 Å². The third-order valence-electron chi connectivity index (χ3n) is 5.75. The summed E-state index contributed by atoms with van der Waals surface area (Å²) in [6.07, 6.45) is 2.41. The van der Waals surface area contributed by atoms with Crippen LogP contribution in [0.4, 0.5) is 5.69 Å². The Bertz CT molecular complexity index is 845. The van der Waals surface area contributed by atoms with Crippen molar-refractivity contribution in [1.29, 1.82) is 0 Å². The van der Waals surface area contributed by atoms with Crippen LogP contribution in [0.2, 0.25) is 0 Å². The molecule has 3 rings (SSSR count). The van der Waals surface area contributed by atoms with Gasteiger partial charge in [0, 0.05) is 18.3 Å². The van der Waals surface area contributed by atoms with E-state index in [-0.39, 0.29) is 0 Å². The average molecular weight is 372 g/mol. The second-order valence-electron chi connectivity index (χ2n) is 7.85. The maximum atomic E-state index is 2.50. The van der Waals surface area contributed by atoms with Crippen molar-refractivity contribution in [2.75, 3.05) is 4.90 Å². The summed E-state index contributed by atoms with van der Waals surface area (Å²) in [5.41, 5.74) is 6.73. The lowest BCUT2D eigenvalue weighted by molar-refractivity contribution is 0.640. The van der Waals surface area contributed by atoms with E-state index in [0.717, 1.165) is 6.54 Å². The van der Waals surface area contributed by atoms with E-state index in [2.05, 4.69) is 111 Å². The maximum absolute atomic E-state index is 2.50. The lowest BCUT2D eigenvalue weighted by atomic mass is 9.93. The SMILES string of the molecule is CCC(CC)c1ccc(N(Cc2ccccc2-c2ccccc2)C(C)C)cc1. The largest absolute Gasteiger partial charge is 0.365 e. The molecule has 0 aliphatic carbocycles. The summed E-state index contributed by atoms with van der Waals surface area (Å²) in [7, 11) is 0. The summed E-state index contributed by atoms with van der Waals surface area (Å²) >= 11 is 0. The number of anilines is 1. The Morgan fingerprint density at radius 2 is 1.32 bits per heavy atom. The van der Waals surface area contributed by atoms with Gasteiger partial charge in [0.2, 0.25) is 0 Å². The first kappa shape index (κ1) is 20.2. The van der Waals surface area contributed by atoms with E-state index in [0.29, 0.717) is 12.0 Å². The third kappa shape index (κ3) is 4.65. The summed E-state index contributed by atoms with van der Waals surface area (Å²) in [6.45, 7) is 10.0. The Labute approximate surface area is 171 Å². The smallest absolute Gasteiger partial charge is 0.0438 e. The summed E-state index contributed by atoms with van der Waals surface area (Å²) in [6, 6.07) is 29.2. The first-order chi connectivity index (χ1) is 13.6. The molecular weight excluding hydrogens is 338 g/mol. The topological polar surface area (TPSA) is 3.24 Å². The van der Waals surface area contributed by atoms with Crippen LogP contribution in [0.1, 0.15) is 57.6 Å². The Kier molecular flexibility index (Phi) is 6.92. The van der Waals surface area contributed by atoms with Gasteiger partial charge in [0.1, 0.15) is 0 Å². The summed E-state index contributed by atoms with van der Waals surface area (Å²) in [4.78, 5) is 2.50. The molecule has 0 N–H and O–H groups in total. The Morgan fingerprint density at radius 3 is 1.93 bits per heavy atom. The minimum absolute atomic E-state index is 0.433. The van der Waals surface area contributed by atoms with Crippen molar-refractivity contribution < 1.29 is 0 Å². The number of rotatable bonds is 8. The molecule has 0 heterocycles. The van der Waals surface area contributed by atoms with Crippen LogP contribution in [0.15, 0.2) is 78.9 Å². The molecular formula is C27H33N. The zero-order valence-corrected chi connectivity index (χ0v) is 17.7. The number of hydrogen-bond acceptors (Lipinski definition) is 1. The second kappa shape index (κ2) is 9.59. The predicted octanol–water partition coefficient (Wildman–Crippen LogP) is 7.67. The van der Waals surface area contributed by atoms with Crippen LogP contribution in [-0.4, -0.2) is 6.04 Å². The molecule has 0 atom stereocenters. The van der Waals surface area contributed by atoms with Crippen molar-refractivity contribution in [1.82, 2.24) is 0 Å². The molecule has 0 aliphatic heterocycles. The van der Waals surface area contributed by atoms with Crippen molar-refractivity contribution >= 4 is 5.69 Å². The molecule has 0 bridgehead atoms. The van der Waals surface area contributed by atoms with Crippen LogP contribution in [0.5, 0.6) is 0 Å². The first-order valence-electron chi connectivity index (χ1n) is 10.6. The molecule has 0 radical (unpaired) electrons. The Balaban J connectivity index is 1.89. The van der Waals surface area contributed by atoms with Gasteiger partial charge in [0.05, 0.1) is 0 Å². The molecule has 28 heavy (non-hydrogen) atoms. The number of benzene rings is 3. The van der Waals surface area contributed by atoms with Crippen LogP contribution < -0.4 is 4.90 Å². The van der Waals surface area contributed by atoms with E-state index in [4.69, 9.17) is 0 Å². The van der Waals surface area contributed by atoms with Crippen LogP contribution >= 0.6 is 0 Å². The zero-order chi connectivity index (χ0) is 19.9. The van der Waals surface area contributed by atoms with Crippen LogP contribution in [-0.2, 0) is 6.54 Å². The monoisotopic (exact) mass is 371 g/mol. The Hall–Kier alpha value is -2.54. The molecule has 0 spiro atoms. The standard InChI is InChI=1S/C27H33N/c1-5-22(6-2)23-16-18-26(19-17-23)28(21(3)4)20-25-14-10-11-15-27(25)24-12-8-7-9-13-24/h7-19,21-22H,5-6,20H2,1-4H3. The van der Waals surface area contributed by atoms with Gasteiger partial charge in [-0.05, 0) is 67.0 Å². The molecule has 0 saturated heterocycles. The molecule has 0 fully saturated rings. The highest BCUT2D eigenvalue weighted by Gasteiger charge is 2.15. The van der Waals surface area contributed by atoms with Crippen LogP contribution in [0, 0.1) is 0 Å². The minimum atomic E-state index is 0.433.